The SMILES string of the molecule is O=C(Cl)c1c(OC(F)(F)F)ncc(CCl)c1C(F)(F)F. The molecule has 0 aliphatic heterocycles. The predicted octanol–water partition coefficient (Wildman–Crippen LogP) is 4.12. The van der Waals surface area contributed by atoms with Crippen LogP contribution in [0.2, 0.25) is 0 Å². The van der Waals surface area contributed by atoms with Gasteiger partial charge in [-0.2, -0.15) is 13.2 Å². The Morgan fingerprint density at radius 2 is 1.80 bits per heavy atom. The van der Waals surface area contributed by atoms with Crippen molar-refractivity contribution < 1.29 is 35.9 Å². The average molecular weight is 342 g/mol. The normalized spacial score (nSPS) is 12.4. The summed E-state index contributed by atoms with van der Waals surface area (Å²) in [5.41, 5.74) is -3.94. The molecule has 3 nitrogen and oxygen atoms in total. The summed E-state index contributed by atoms with van der Waals surface area (Å²) < 4.78 is 78.0. The molecule has 0 amide bonds. The van der Waals surface area contributed by atoms with E-state index in [1.54, 1.807) is 0 Å². The second kappa shape index (κ2) is 5.65. The lowest BCUT2D eigenvalue weighted by Crippen LogP contribution is -2.22. The highest BCUT2D eigenvalue weighted by Crippen LogP contribution is 2.40. The van der Waals surface area contributed by atoms with Crippen LogP contribution in [0.4, 0.5) is 26.3 Å². The number of ether oxygens (including phenoxy) is 1. The molecule has 1 aromatic heterocycles. The van der Waals surface area contributed by atoms with E-state index < -0.39 is 46.2 Å². The van der Waals surface area contributed by atoms with Gasteiger partial charge in [0.2, 0.25) is 5.88 Å². The monoisotopic (exact) mass is 341 g/mol. The first kappa shape index (κ1) is 16.8. The van der Waals surface area contributed by atoms with Gasteiger partial charge in [-0.3, -0.25) is 4.79 Å². The quantitative estimate of drug-likeness (QED) is 0.471. The third-order valence-electron chi connectivity index (χ3n) is 1.96. The molecule has 0 fully saturated rings. The molecule has 11 heteroatoms. The molecule has 0 N–H and O–H groups in total. The van der Waals surface area contributed by atoms with E-state index in [4.69, 9.17) is 23.2 Å². The second-order valence-electron chi connectivity index (χ2n) is 3.29. The van der Waals surface area contributed by atoms with Gasteiger partial charge in [-0.15, -0.1) is 24.8 Å². The van der Waals surface area contributed by atoms with E-state index in [1.165, 1.54) is 0 Å². The van der Waals surface area contributed by atoms with Crippen LogP contribution in [0, 0.1) is 0 Å². The minimum atomic E-state index is -5.33. The molecule has 0 bridgehead atoms. The van der Waals surface area contributed by atoms with Gasteiger partial charge < -0.3 is 4.74 Å². The average Bonchev–Trinajstić information content (AvgIpc) is 2.24. The Bertz CT molecular complexity index is 528. The summed E-state index contributed by atoms with van der Waals surface area (Å²) in [6.07, 6.45) is -10.1. The molecule has 112 valence electrons. The Kier molecular flexibility index (Phi) is 4.75. The van der Waals surface area contributed by atoms with Gasteiger partial charge in [0, 0.05) is 12.1 Å². The fourth-order valence-electron chi connectivity index (χ4n) is 1.33. The molecule has 0 saturated carbocycles. The summed E-state index contributed by atoms with van der Waals surface area (Å²) in [5.74, 6) is -2.32. The maximum Gasteiger partial charge on any atom is 0.574 e. The van der Waals surface area contributed by atoms with Gasteiger partial charge in [-0.05, 0) is 17.2 Å². The largest absolute Gasteiger partial charge is 0.574 e. The zero-order valence-corrected chi connectivity index (χ0v) is 10.6. The first-order valence-electron chi connectivity index (χ1n) is 4.58. The highest BCUT2D eigenvalue weighted by Gasteiger charge is 2.42. The Labute approximate surface area is 117 Å². The number of hydrogen-bond acceptors (Lipinski definition) is 3. The number of alkyl halides is 7. The van der Waals surface area contributed by atoms with Crippen LogP contribution in [0.3, 0.4) is 0 Å². The first-order valence-corrected chi connectivity index (χ1v) is 5.49. The number of carbonyl (C=O) groups excluding carboxylic acids is 1. The highest BCUT2D eigenvalue weighted by atomic mass is 35.5. The van der Waals surface area contributed by atoms with Crippen molar-refractivity contribution in [2.75, 3.05) is 0 Å². The molecule has 0 aliphatic rings. The van der Waals surface area contributed by atoms with Crippen LogP contribution < -0.4 is 4.74 Å². The molecule has 0 spiro atoms. The van der Waals surface area contributed by atoms with Gasteiger partial charge in [-0.1, -0.05) is 0 Å². The summed E-state index contributed by atoms with van der Waals surface area (Å²) in [4.78, 5) is 14.0. The first-order chi connectivity index (χ1) is 8.97. The standard InChI is InChI=1S/C9H3Cl2F6NO2/c10-1-3-2-18-7(20-9(15,16)17)4(6(11)19)5(3)8(12,13)14/h2H,1H2. The van der Waals surface area contributed by atoms with E-state index in [0.29, 0.717) is 6.20 Å². The van der Waals surface area contributed by atoms with Crippen LogP contribution in [-0.2, 0) is 12.1 Å². The van der Waals surface area contributed by atoms with Crippen LogP contribution >= 0.6 is 23.2 Å². The molecule has 0 radical (unpaired) electrons. The van der Waals surface area contributed by atoms with Crippen LogP contribution in [-0.4, -0.2) is 16.6 Å². The molecule has 0 saturated heterocycles. The molecule has 0 aromatic carbocycles. The van der Waals surface area contributed by atoms with Gasteiger partial charge in [-0.25, -0.2) is 4.98 Å². The second-order valence-corrected chi connectivity index (χ2v) is 3.90. The van der Waals surface area contributed by atoms with Crippen LogP contribution in [0.1, 0.15) is 21.5 Å². The van der Waals surface area contributed by atoms with Crippen molar-refractivity contribution in [2.45, 2.75) is 18.4 Å². The number of pyridine rings is 1. The van der Waals surface area contributed by atoms with E-state index in [1.807, 2.05) is 0 Å². The van der Waals surface area contributed by atoms with Gasteiger partial charge in [0.25, 0.3) is 5.24 Å². The number of aromatic nitrogens is 1. The maximum atomic E-state index is 12.8. The van der Waals surface area contributed by atoms with Gasteiger partial charge >= 0.3 is 12.5 Å². The molecule has 0 unspecified atom stereocenters. The molecule has 20 heavy (non-hydrogen) atoms. The van der Waals surface area contributed by atoms with Crippen molar-refractivity contribution in [3.05, 3.63) is 22.9 Å². The van der Waals surface area contributed by atoms with E-state index >= 15 is 0 Å². The van der Waals surface area contributed by atoms with Crippen molar-refractivity contribution in [1.82, 2.24) is 4.98 Å². The van der Waals surface area contributed by atoms with Crippen molar-refractivity contribution in [3.63, 3.8) is 0 Å². The fraction of sp³-hybridized carbons (Fsp3) is 0.333. The number of hydrogen-bond donors (Lipinski definition) is 0. The Balaban J connectivity index is 3.61. The molecule has 1 aromatic rings. The zero-order valence-electron chi connectivity index (χ0n) is 9.07. The Morgan fingerprint density at radius 1 is 1.25 bits per heavy atom. The van der Waals surface area contributed by atoms with Crippen LogP contribution in [0.15, 0.2) is 6.20 Å². The number of rotatable bonds is 3. The molecular formula is C9H3Cl2F6NO2. The summed E-state index contributed by atoms with van der Waals surface area (Å²) in [6, 6.07) is 0. The smallest absolute Gasteiger partial charge is 0.387 e. The molecule has 0 aliphatic carbocycles. The molecule has 0 atom stereocenters. The Morgan fingerprint density at radius 3 is 2.15 bits per heavy atom. The summed E-state index contributed by atoms with van der Waals surface area (Å²) >= 11 is 10.2. The van der Waals surface area contributed by atoms with E-state index in [9.17, 15) is 31.1 Å². The number of carbonyl (C=O) groups is 1. The van der Waals surface area contributed by atoms with Gasteiger partial charge in [0.1, 0.15) is 5.56 Å². The summed E-state index contributed by atoms with van der Waals surface area (Å²) in [6.45, 7) is 0. The van der Waals surface area contributed by atoms with Crippen molar-refractivity contribution >= 4 is 28.4 Å². The van der Waals surface area contributed by atoms with E-state index in [2.05, 4.69) is 9.72 Å². The molecular weight excluding hydrogens is 339 g/mol. The van der Waals surface area contributed by atoms with Crippen LogP contribution in [0.5, 0.6) is 5.88 Å². The lowest BCUT2D eigenvalue weighted by molar-refractivity contribution is -0.276. The van der Waals surface area contributed by atoms with E-state index in [0.717, 1.165) is 0 Å². The lowest BCUT2D eigenvalue weighted by Gasteiger charge is -2.17. The predicted molar refractivity (Wildman–Crippen MR) is 55.7 cm³/mol. The van der Waals surface area contributed by atoms with Crippen molar-refractivity contribution in [1.29, 1.82) is 0 Å². The van der Waals surface area contributed by atoms with Crippen LogP contribution in [0.25, 0.3) is 0 Å². The highest BCUT2D eigenvalue weighted by molar-refractivity contribution is 6.68. The molecule has 1 heterocycles. The van der Waals surface area contributed by atoms with Crippen molar-refractivity contribution in [3.8, 4) is 5.88 Å². The van der Waals surface area contributed by atoms with Gasteiger partial charge in [0.05, 0.1) is 5.56 Å². The lowest BCUT2D eigenvalue weighted by atomic mass is 10.1. The third kappa shape index (κ3) is 3.89. The number of halogens is 8. The zero-order chi connectivity index (χ0) is 15.7. The minimum Gasteiger partial charge on any atom is -0.387 e. The topological polar surface area (TPSA) is 39.2 Å². The van der Waals surface area contributed by atoms with Crippen molar-refractivity contribution in [2.24, 2.45) is 0 Å². The van der Waals surface area contributed by atoms with E-state index in [-0.39, 0.29) is 0 Å². The molecule has 1 rings (SSSR count). The summed E-state index contributed by atoms with van der Waals surface area (Å²) in [7, 11) is 0. The minimum absolute atomic E-state index is 0.431. The fourth-order valence-corrected chi connectivity index (χ4v) is 1.71. The van der Waals surface area contributed by atoms with Gasteiger partial charge in [0.15, 0.2) is 0 Å². The maximum absolute atomic E-state index is 12.8. The number of nitrogens with zero attached hydrogens (tertiary/aromatic N) is 1. The Hall–Kier alpha value is -1.22. The summed E-state index contributed by atoms with van der Waals surface area (Å²) in [5, 5.41) is -1.80. The third-order valence-corrected chi connectivity index (χ3v) is 2.44.